The number of rotatable bonds is 1. The maximum atomic E-state index is 6.28. The van der Waals surface area contributed by atoms with E-state index in [4.69, 9.17) is 4.74 Å². The van der Waals surface area contributed by atoms with E-state index in [-0.39, 0.29) is 5.60 Å². The first kappa shape index (κ1) is 9.41. The summed E-state index contributed by atoms with van der Waals surface area (Å²) < 4.78 is 6.28. The highest BCUT2D eigenvalue weighted by molar-refractivity contribution is 5.25. The summed E-state index contributed by atoms with van der Waals surface area (Å²) in [7, 11) is 0. The molecular formula is C14H18O. The summed E-state index contributed by atoms with van der Waals surface area (Å²) in [5.41, 5.74) is 1.43. The third-order valence-electron chi connectivity index (χ3n) is 4.13. The molecule has 1 aromatic rings. The van der Waals surface area contributed by atoms with Crippen LogP contribution in [0.25, 0.3) is 0 Å². The highest BCUT2D eigenvalue weighted by Crippen LogP contribution is 2.51. The van der Waals surface area contributed by atoms with Crippen LogP contribution in [0.4, 0.5) is 0 Å². The average Bonchev–Trinajstić information content (AvgIpc) is 2.52. The van der Waals surface area contributed by atoms with Gasteiger partial charge >= 0.3 is 0 Å². The molecule has 2 fully saturated rings. The molecule has 0 amide bonds. The van der Waals surface area contributed by atoms with E-state index in [1.54, 1.807) is 0 Å². The quantitative estimate of drug-likeness (QED) is 0.677. The minimum absolute atomic E-state index is 0.0458. The number of hydrogen-bond donors (Lipinski definition) is 0. The molecule has 2 aliphatic rings. The molecule has 2 bridgehead atoms. The van der Waals surface area contributed by atoms with Crippen molar-refractivity contribution in [1.82, 2.24) is 0 Å². The molecule has 1 nitrogen and oxygen atoms in total. The Labute approximate surface area is 91.5 Å². The Morgan fingerprint density at radius 3 is 2.87 bits per heavy atom. The number of benzene rings is 1. The lowest BCUT2D eigenvalue weighted by Gasteiger charge is -2.36. The maximum Gasteiger partial charge on any atom is 0.0961 e. The van der Waals surface area contributed by atoms with Crippen molar-refractivity contribution in [3.05, 3.63) is 35.9 Å². The van der Waals surface area contributed by atoms with E-state index >= 15 is 0 Å². The third kappa shape index (κ3) is 1.33. The second kappa shape index (κ2) is 3.34. The lowest BCUT2D eigenvalue weighted by atomic mass is 9.80. The van der Waals surface area contributed by atoms with Crippen LogP contribution in [0.15, 0.2) is 30.3 Å². The number of hydrogen-bond acceptors (Lipinski definition) is 1. The summed E-state index contributed by atoms with van der Waals surface area (Å²) in [4.78, 5) is 0. The molecule has 3 atom stereocenters. The van der Waals surface area contributed by atoms with Gasteiger partial charge in [-0.3, -0.25) is 0 Å². The van der Waals surface area contributed by atoms with Gasteiger partial charge in [-0.2, -0.15) is 0 Å². The van der Waals surface area contributed by atoms with Crippen LogP contribution >= 0.6 is 0 Å². The van der Waals surface area contributed by atoms with Gasteiger partial charge in [0.15, 0.2) is 0 Å². The molecule has 0 radical (unpaired) electrons. The van der Waals surface area contributed by atoms with E-state index in [2.05, 4.69) is 37.3 Å². The highest BCUT2D eigenvalue weighted by Gasteiger charge is 2.49. The van der Waals surface area contributed by atoms with Gasteiger partial charge in [0.05, 0.1) is 11.7 Å². The normalized spacial score (nSPS) is 39.3. The zero-order chi connectivity index (χ0) is 10.3. The third-order valence-corrected chi connectivity index (χ3v) is 4.13. The lowest BCUT2D eigenvalue weighted by Crippen LogP contribution is -2.34. The van der Waals surface area contributed by atoms with E-state index in [9.17, 15) is 0 Å². The zero-order valence-electron chi connectivity index (χ0n) is 9.28. The summed E-state index contributed by atoms with van der Waals surface area (Å²) in [5, 5.41) is 0. The van der Waals surface area contributed by atoms with Crippen molar-refractivity contribution in [3.8, 4) is 0 Å². The summed E-state index contributed by atoms with van der Waals surface area (Å²) in [6, 6.07) is 10.8. The second-order valence-electron chi connectivity index (χ2n) is 5.02. The smallest absolute Gasteiger partial charge is 0.0961 e. The molecule has 0 aromatic heterocycles. The summed E-state index contributed by atoms with van der Waals surface area (Å²) in [6.45, 7) is 2.35. The van der Waals surface area contributed by atoms with Gasteiger partial charge in [-0.15, -0.1) is 0 Å². The fourth-order valence-electron chi connectivity index (χ4n) is 3.34. The molecule has 15 heavy (non-hydrogen) atoms. The van der Waals surface area contributed by atoms with E-state index in [1.807, 2.05) is 0 Å². The molecule has 3 unspecified atom stereocenters. The molecule has 2 aliphatic heterocycles. The van der Waals surface area contributed by atoms with Crippen molar-refractivity contribution < 1.29 is 4.74 Å². The van der Waals surface area contributed by atoms with Crippen molar-refractivity contribution in [3.63, 3.8) is 0 Å². The average molecular weight is 202 g/mol. The largest absolute Gasteiger partial charge is 0.367 e. The summed E-state index contributed by atoms with van der Waals surface area (Å²) >= 11 is 0. The molecular weight excluding hydrogens is 184 g/mol. The molecule has 2 saturated heterocycles. The number of ether oxygens (including phenoxy) is 1. The molecule has 0 saturated carbocycles. The fourth-order valence-corrected chi connectivity index (χ4v) is 3.34. The molecule has 0 N–H and O–H groups in total. The Balaban J connectivity index is 2.02. The van der Waals surface area contributed by atoms with Gasteiger partial charge < -0.3 is 4.74 Å². The van der Waals surface area contributed by atoms with Gasteiger partial charge in [-0.1, -0.05) is 37.3 Å². The van der Waals surface area contributed by atoms with Crippen molar-refractivity contribution in [2.75, 3.05) is 0 Å². The van der Waals surface area contributed by atoms with Crippen LogP contribution in [-0.2, 0) is 10.3 Å². The molecule has 80 valence electrons. The Hall–Kier alpha value is -0.820. The van der Waals surface area contributed by atoms with E-state index in [0.717, 1.165) is 0 Å². The van der Waals surface area contributed by atoms with Crippen LogP contribution in [-0.4, -0.2) is 6.10 Å². The predicted molar refractivity (Wildman–Crippen MR) is 60.6 cm³/mol. The van der Waals surface area contributed by atoms with Crippen LogP contribution < -0.4 is 0 Å². The van der Waals surface area contributed by atoms with E-state index in [1.165, 1.54) is 31.2 Å². The predicted octanol–water partition coefficient (Wildman–Crippen LogP) is 3.49. The summed E-state index contributed by atoms with van der Waals surface area (Å²) in [5.74, 6) is 0.674. The second-order valence-corrected chi connectivity index (χ2v) is 5.02. The first-order valence-electron chi connectivity index (χ1n) is 6.04. The minimum Gasteiger partial charge on any atom is -0.367 e. The molecule has 1 aromatic carbocycles. The highest BCUT2D eigenvalue weighted by atomic mass is 16.5. The monoisotopic (exact) mass is 202 g/mol. The minimum atomic E-state index is 0.0458. The van der Waals surface area contributed by atoms with Crippen molar-refractivity contribution in [2.24, 2.45) is 5.92 Å². The van der Waals surface area contributed by atoms with Crippen molar-refractivity contribution in [1.29, 1.82) is 0 Å². The molecule has 0 spiro atoms. The van der Waals surface area contributed by atoms with Crippen LogP contribution in [0, 0.1) is 5.92 Å². The zero-order valence-corrected chi connectivity index (χ0v) is 9.28. The van der Waals surface area contributed by atoms with Gasteiger partial charge in [0, 0.05) is 0 Å². The first-order chi connectivity index (χ1) is 7.31. The van der Waals surface area contributed by atoms with Crippen LogP contribution in [0.5, 0.6) is 0 Å². The van der Waals surface area contributed by atoms with E-state index < -0.39 is 0 Å². The van der Waals surface area contributed by atoms with E-state index in [0.29, 0.717) is 12.0 Å². The van der Waals surface area contributed by atoms with Crippen molar-refractivity contribution in [2.45, 2.75) is 44.3 Å². The maximum absolute atomic E-state index is 6.28. The molecule has 2 heterocycles. The van der Waals surface area contributed by atoms with Crippen LogP contribution in [0.3, 0.4) is 0 Å². The Kier molecular flexibility index (Phi) is 2.10. The van der Waals surface area contributed by atoms with Gasteiger partial charge in [0.2, 0.25) is 0 Å². The van der Waals surface area contributed by atoms with Crippen LogP contribution in [0.2, 0.25) is 0 Å². The van der Waals surface area contributed by atoms with Gasteiger partial charge in [0.25, 0.3) is 0 Å². The molecule has 3 rings (SSSR count). The van der Waals surface area contributed by atoms with Gasteiger partial charge in [-0.25, -0.2) is 0 Å². The van der Waals surface area contributed by atoms with Gasteiger partial charge in [-0.05, 0) is 37.2 Å². The number of fused-ring (bicyclic) bond motifs is 2. The Morgan fingerprint density at radius 2 is 2.07 bits per heavy atom. The van der Waals surface area contributed by atoms with Crippen molar-refractivity contribution >= 4 is 0 Å². The summed E-state index contributed by atoms with van der Waals surface area (Å²) in [6.07, 6.45) is 5.56. The standard InChI is InChI=1S/C14H18O/c1-11-10-13-8-5-9-14(11,15-13)12-6-3-2-4-7-12/h2-4,6-7,11,13H,5,8-10H2,1H3. The molecule has 0 aliphatic carbocycles. The SMILES string of the molecule is CC1CC2CCCC1(c1ccccc1)O2. The lowest BCUT2D eigenvalue weighted by molar-refractivity contribution is -0.0955. The Bertz CT molecular complexity index is 346. The molecule has 1 heteroatoms. The Morgan fingerprint density at radius 1 is 1.27 bits per heavy atom. The van der Waals surface area contributed by atoms with Crippen LogP contribution in [0.1, 0.15) is 38.2 Å². The first-order valence-corrected chi connectivity index (χ1v) is 6.04. The fraction of sp³-hybridized carbons (Fsp3) is 0.571. The topological polar surface area (TPSA) is 9.23 Å². The van der Waals surface area contributed by atoms with Gasteiger partial charge in [0.1, 0.15) is 0 Å².